The number of aromatic amines is 1. The van der Waals surface area contributed by atoms with Crippen LogP contribution >= 0.6 is 0 Å². The van der Waals surface area contributed by atoms with Crippen molar-refractivity contribution in [1.29, 1.82) is 0 Å². The Morgan fingerprint density at radius 1 is 1.09 bits per heavy atom. The second-order valence-corrected chi connectivity index (χ2v) is 11.0. The van der Waals surface area contributed by atoms with Crippen LogP contribution in [0.1, 0.15) is 43.8 Å². The van der Waals surface area contributed by atoms with E-state index >= 15 is 0 Å². The highest BCUT2D eigenvalue weighted by molar-refractivity contribution is 7.89. The van der Waals surface area contributed by atoms with E-state index in [-0.39, 0.29) is 17.6 Å². The predicted octanol–water partition coefficient (Wildman–Crippen LogP) is 2.56. The van der Waals surface area contributed by atoms with Gasteiger partial charge < -0.3 is 9.88 Å². The van der Waals surface area contributed by atoms with Crippen LogP contribution in [0.3, 0.4) is 0 Å². The van der Waals surface area contributed by atoms with E-state index in [9.17, 15) is 8.42 Å². The molecule has 0 radical (unpaired) electrons. The van der Waals surface area contributed by atoms with Gasteiger partial charge in [-0.05, 0) is 50.2 Å². The second-order valence-electron chi connectivity index (χ2n) is 8.95. The summed E-state index contributed by atoms with van der Waals surface area (Å²) >= 11 is 0. The van der Waals surface area contributed by atoms with Crippen LogP contribution in [0.2, 0.25) is 0 Å². The van der Waals surface area contributed by atoms with Crippen LogP contribution in [0.25, 0.3) is 11.0 Å². The van der Waals surface area contributed by atoms with E-state index in [1.165, 1.54) is 0 Å². The summed E-state index contributed by atoms with van der Waals surface area (Å²) in [6.07, 6.45) is 11.4. The van der Waals surface area contributed by atoms with Gasteiger partial charge in [0.1, 0.15) is 23.6 Å². The van der Waals surface area contributed by atoms with Crippen LogP contribution in [0.4, 0.5) is 5.82 Å². The summed E-state index contributed by atoms with van der Waals surface area (Å²) in [7, 11) is -1.20. The van der Waals surface area contributed by atoms with Crippen LogP contribution in [0.15, 0.2) is 37.1 Å². The second kappa shape index (κ2) is 8.74. The molecule has 0 amide bonds. The molecule has 170 valence electrons. The standard InChI is InChI=1S/C22H29N7O2S/c1-28(22-19-7-11-25-21(19)26-15-27-22)18-5-3-16(4-6-18)14-32(30,31)29-12-8-17(13-29)20-23-9-2-10-24-20/h2,7,9-11,15-18H,3-6,8,12-14H2,1H3,(H,25,26,27). The van der Waals surface area contributed by atoms with Gasteiger partial charge in [0, 0.05) is 50.7 Å². The molecule has 4 heterocycles. The third-order valence-corrected chi connectivity index (χ3v) is 8.98. The van der Waals surface area contributed by atoms with E-state index in [4.69, 9.17) is 0 Å². The molecule has 5 rings (SSSR count). The molecule has 0 bridgehead atoms. The number of H-pyrrole nitrogens is 1. The van der Waals surface area contributed by atoms with Crippen LogP contribution in [0, 0.1) is 5.92 Å². The molecule has 1 aliphatic heterocycles. The molecule has 1 unspecified atom stereocenters. The summed E-state index contributed by atoms with van der Waals surface area (Å²) in [6.45, 7) is 1.05. The number of anilines is 1. The Bertz CT molecular complexity index is 1160. The van der Waals surface area contributed by atoms with Gasteiger partial charge in [-0.3, -0.25) is 0 Å². The van der Waals surface area contributed by atoms with Crippen LogP contribution in [0.5, 0.6) is 0 Å². The summed E-state index contributed by atoms with van der Waals surface area (Å²) in [5.74, 6) is 2.21. The average molecular weight is 456 g/mol. The molecular weight excluding hydrogens is 426 g/mol. The van der Waals surface area contributed by atoms with Crippen molar-refractivity contribution in [2.45, 2.75) is 44.1 Å². The van der Waals surface area contributed by atoms with E-state index in [2.05, 4.69) is 36.9 Å². The number of nitrogens with one attached hydrogen (secondary N) is 1. The molecule has 1 N–H and O–H groups in total. The Hall–Kier alpha value is -2.59. The number of fused-ring (bicyclic) bond motifs is 1. The molecule has 1 aliphatic carbocycles. The highest BCUT2D eigenvalue weighted by Gasteiger charge is 2.36. The van der Waals surface area contributed by atoms with Gasteiger partial charge in [-0.1, -0.05) is 0 Å². The molecule has 32 heavy (non-hydrogen) atoms. The minimum absolute atomic E-state index is 0.0912. The summed E-state index contributed by atoms with van der Waals surface area (Å²) in [6, 6.07) is 4.14. The average Bonchev–Trinajstić information content (AvgIpc) is 3.50. The molecule has 0 aromatic carbocycles. The largest absolute Gasteiger partial charge is 0.356 e. The van der Waals surface area contributed by atoms with E-state index in [1.54, 1.807) is 29.1 Å². The zero-order valence-electron chi connectivity index (χ0n) is 18.3. The van der Waals surface area contributed by atoms with Gasteiger partial charge in [0.15, 0.2) is 0 Å². The number of aromatic nitrogens is 5. The monoisotopic (exact) mass is 455 g/mol. The van der Waals surface area contributed by atoms with Crippen molar-refractivity contribution < 1.29 is 8.42 Å². The van der Waals surface area contributed by atoms with Crippen LogP contribution in [-0.2, 0) is 10.0 Å². The first-order valence-corrected chi connectivity index (χ1v) is 12.9. The van der Waals surface area contributed by atoms with E-state index in [1.807, 2.05) is 12.3 Å². The summed E-state index contributed by atoms with van der Waals surface area (Å²) < 4.78 is 27.8. The fourth-order valence-electron chi connectivity index (χ4n) is 5.13. The zero-order valence-corrected chi connectivity index (χ0v) is 19.1. The van der Waals surface area contributed by atoms with Crippen molar-refractivity contribution in [2.75, 3.05) is 30.8 Å². The number of hydrogen-bond donors (Lipinski definition) is 1. The van der Waals surface area contributed by atoms with Crippen molar-refractivity contribution in [2.24, 2.45) is 5.92 Å². The Morgan fingerprint density at radius 2 is 1.88 bits per heavy atom. The van der Waals surface area contributed by atoms with Gasteiger partial charge in [-0.2, -0.15) is 0 Å². The van der Waals surface area contributed by atoms with Gasteiger partial charge >= 0.3 is 0 Å². The van der Waals surface area contributed by atoms with Crippen molar-refractivity contribution in [3.63, 3.8) is 0 Å². The van der Waals surface area contributed by atoms with Crippen LogP contribution in [-0.4, -0.2) is 69.6 Å². The van der Waals surface area contributed by atoms with Crippen molar-refractivity contribution in [3.8, 4) is 0 Å². The fourth-order valence-corrected chi connectivity index (χ4v) is 7.06. The number of hydrogen-bond acceptors (Lipinski definition) is 7. The topological polar surface area (TPSA) is 108 Å². The molecule has 2 aliphatic rings. The minimum Gasteiger partial charge on any atom is -0.356 e. The third kappa shape index (κ3) is 4.21. The molecule has 1 saturated carbocycles. The lowest BCUT2D eigenvalue weighted by Gasteiger charge is -2.35. The highest BCUT2D eigenvalue weighted by Crippen LogP contribution is 2.33. The normalized spacial score (nSPS) is 24.7. The molecule has 10 heteroatoms. The lowest BCUT2D eigenvalue weighted by Crippen LogP contribution is -2.39. The first-order valence-electron chi connectivity index (χ1n) is 11.3. The SMILES string of the molecule is CN(c1ncnc2[nH]ccc12)C1CCC(CS(=O)(=O)N2CCC(c3ncccn3)C2)CC1. The smallest absolute Gasteiger partial charge is 0.214 e. The van der Waals surface area contributed by atoms with Gasteiger partial charge in [-0.15, -0.1) is 0 Å². The van der Waals surface area contributed by atoms with Gasteiger partial charge in [-0.25, -0.2) is 32.7 Å². The molecule has 3 aromatic rings. The summed E-state index contributed by atoms with van der Waals surface area (Å²) in [4.78, 5) is 22.8. The van der Waals surface area contributed by atoms with E-state index < -0.39 is 10.0 Å². The maximum atomic E-state index is 13.1. The fraction of sp³-hybridized carbons (Fsp3) is 0.545. The van der Waals surface area contributed by atoms with Gasteiger partial charge in [0.25, 0.3) is 0 Å². The summed E-state index contributed by atoms with van der Waals surface area (Å²) in [5, 5.41) is 1.02. The van der Waals surface area contributed by atoms with Crippen LogP contribution < -0.4 is 4.90 Å². The number of rotatable bonds is 6. The van der Waals surface area contributed by atoms with E-state index in [0.29, 0.717) is 19.1 Å². The summed E-state index contributed by atoms with van der Waals surface area (Å²) in [5.41, 5.74) is 0.839. The minimum atomic E-state index is -3.27. The highest BCUT2D eigenvalue weighted by atomic mass is 32.2. The number of sulfonamides is 1. The van der Waals surface area contributed by atoms with Gasteiger partial charge in [0.05, 0.1) is 11.1 Å². The molecular formula is C22H29N7O2S. The maximum absolute atomic E-state index is 13.1. The maximum Gasteiger partial charge on any atom is 0.214 e. The first kappa shape index (κ1) is 21.3. The lowest BCUT2D eigenvalue weighted by atomic mass is 9.86. The molecule has 9 nitrogen and oxygen atoms in total. The van der Waals surface area contributed by atoms with Crippen molar-refractivity contribution >= 4 is 26.9 Å². The zero-order chi connectivity index (χ0) is 22.1. The molecule has 0 spiro atoms. The quantitative estimate of drug-likeness (QED) is 0.608. The van der Waals surface area contributed by atoms with Crippen molar-refractivity contribution in [3.05, 3.63) is 42.9 Å². The Balaban J connectivity index is 1.17. The first-order chi connectivity index (χ1) is 15.5. The molecule has 3 aromatic heterocycles. The molecule has 2 fully saturated rings. The predicted molar refractivity (Wildman–Crippen MR) is 123 cm³/mol. The molecule has 1 atom stereocenters. The van der Waals surface area contributed by atoms with Gasteiger partial charge in [0.2, 0.25) is 10.0 Å². The Kier molecular flexibility index (Phi) is 5.81. The number of nitrogens with zero attached hydrogens (tertiary/aromatic N) is 6. The Morgan fingerprint density at radius 3 is 2.66 bits per heavy atom. The third-order valence-electron chi connectivity index (χ3n) is 6.97. The Labute approximate surface area is 188 Å². The van der Waals surface area contributed by atoms with Crippen molar-refractivity contribution in [1.82, 2.24) is 29.2 Å². The lowest BCUT2D eigenvalue weighted by molar-refractivity contribution is 0.336. The van der Waals surface area contributed by atoms with E-state index in [0.717, 1.165) is 54.8 Å². The molecule has 1 saturated heterocycles.